The first-order chi connectivity index (χ1) is 10.6. The Morgan fingerprint density at radius 1 is 1.14 bits per heavy atom. The number of rotatable bonds is 5. The van der Waals surface area contributed by atoms with Crippen molar-refractivity contribution in [1.82, 2.24) is 9.78 Å². The zero-order chi connectivity index (χ0) is 15.5. The molecule has 3 nitrogen and oxygen atoms in total. The van der Waals surface area contributed by atoms with E-state index in [9.17, 15) is 0 Å². The van der Waals surface area contributed by atoms with Gasteiger partial charge in [0.05, 0.1) is 11.7 Å². The Morgan fingerprint density at radius 2 is 1.95 bits per heavy atom. The molecule has 22 heavy (non-hydrogen) atoms. The van der Waals surface area contributed by atoms with E-state index in [1.807, 2.05) is 24.4 Å². The summed E-state index contributed by atoms with van der Waals surface area (Å²) in [5.41, 5.74) is 3.52. The third-order valence-corrected chi connectivity index (χ3v) is 3.73. The van der Waals surface area contributed by atoms with Gasteiger partial charge in [-0.25, -0.2) is 0 Å². The highest BCUT2D eigenvalue weighted by Crippen LogP contribution is 2.20. The van der Waals surface area contributed by atoms with E-state index in [4.69, 9.17) is 4.74 Å². The third kappa shape index (κ3) is 3.14. The van der Waals surface area contributed by atoms with Gasteiger partial charge >= 0.3 is 0 Å². The molecule has 3 aromatic rings. The minimum atomic E-state index is 0.580. The Kier molecular flexibility index (Phi) is 4.14. The summed E-state index contributed by atoms with van der Waals surface area (Å²) in [5.74, 6) is 1.53. The molecule has 0 unspecified atom stereocenters. The van der Waals surface area contributed by atoms with E-state index in [2.05, 4.69) is 54.8 Å². The highest BCUT2D eigenvalue weighted by atomic mass is 16.5. The molecule has 114 valence electrons. The maximum atomic E-state index is 5.92. The van der Waals surface area contributed by atoms with E-state index in [-0.39, 0.29) is 0 Å². The summed E-state index contributed by atoms with van der Waals surface area (Å²) < 4.78 is 7.99. The predicted molar refractivity (Wildman–Crippen MR) is 90.1 cm³/mol. The minimum Gasteiger partial charge on any atom is -0.489 e. The van der Waals surface area contributed by atoms with Crippen LogP contribution in [0.25, 0.3) is 10.9 Å². The number of hydrogen-bond acceptors (Lipinski definition) is 2. The molecule has 0 aliphatic rings. The summed E-state index contributed by atoms with van der Waals surface area (Å²) in [5, 5.41) is 5.66. The van der Waals surface area contributed by atoms with Crippen LogP contribution in [0.2, 0.25) is 0 Å². The Labute approximate surface area is 131 Å². The van der Waals surface area contributed by atoms with Crippen LogP contribution in [-0.4, -0.2) is 9.78 Å². The van der Waals surface area contributed by atoms with Gasteiger partial charge in [0, 0.05) is 11.9 Å². The lowest BCUT2D eigenvalue weighted by molar-refractivity contribution is 0.304. The number of hydrogen-bond donors (Lipinski definition) is 0. The molecule has 1 heterocycles. The number of aryl methyl sites for hydroxylation is 1. The van der Waals surface area contributed by atoms with Gasteiger partial charge in [-0.1, -0.05) is 38.1 Å². The number of benzene rings is 2. The van der Waals surface area contributed by atoms with Crippen LogP contribution in [0.15, 0.2) is 48.7 Å². The molecule has 0 radical (unpaired) electrons. The standard InChI is InChI=1S/C19H22N2O/c1-14(2)12-21-18-9-8-16(10-17(18)11-20-21)13-22-19-7-5-4-6-15(19)3/h4-11,14H,12-13H2,1-3H3. The van der Waals surface area contributed by atoms with Crippen LogP contribution in [-0.2, 0) is 13.2 Å². The second-order valence-corrected chi connectivity index (χ2v) is 6.17. The fourth-order valence-corrected chi connectivity index (χ4v) is 2.60. The van der Waals surface area contributed by atoms with Gasteiger partial charge in [0.25, 0.3) is 0 Å². The van der Waals surface area contributed by atoms with Crippen molar-refractivity contribution in [3.8, 4) is 5.75 Å². The first-order valence-corrected chi connectivity index (χ1v) is 7.76. The van der Waals surface area contributed by atoms with Crippen molar-refractivity contribution in [3.63, 3.8) is 0 Å². The number of nitrogens with zero attached hydrogens (tertiary/aromatic N) is 2. The molecule has 3 heteroatoms. The number of para-hydroxylation sites is 1. The van der Waals surface area contributed by atoms with Crippen molar-refractivity contribution in [2.75, 3.05) is 0 Å². The van der Waals surface area contributed by atoms with Gasteiger partial charge in [-0.15, -0.1) is 0 Å². The van der Waals surface area contributed by atoms with Crippen LogP contribution >= 0.6 is 0 Å². The summed E-state index contributed by atoms with van der Waals surface area (Å²) in [6.07, 6.45) is 1.94. The SMILES string of the molecule is Cc1ccccc1OCc1ccc2c(cnn2CC(C)C)c1. The molecule has 2 aromatic carbocycles. The summed E-state index contributed by atoms with van der Waals surface area (Å²) in [4.78, 5) is 0. The molecule has 0 N–H and O–H groups in total. The Bertz CT molecular complexity index is 774. The van der Waals surface area contributed by atoms with Crippen LogP contribution in [0.4, 0.5) is 0 Å². The largest absolute Gasteiger partial charge is 0.489 e. The van der Waals surface area contributed by atoms with E-state index in [1.54, 1.807) is 0 Å². The third-order valence-electron chi connectivity index (χ3n) is 3.73. The van der Waals surface area contributed by atoms with Crippen LogP contribution in [0.1, 0.15) is 25.0 Å². The lowest BCUT2D eigenvalue weighted by Crippen LogP contribution is -2.05. The zero-order valence-corrected chi connectivity index (χ0v) is 13.4. The molecule has 0 spiro atoms. The molecular formula is C19H22N2O. The Hall–Kier alpha value is -2.29. The van der Waals surface area contributed by atoms with E-state index in [0.717, 1.165) is 17.9 Å². The van der Waals surface area contributed by atoms with Gasteiger partial charge in [-0.05, 0) is 42.2 Å². The molecular weight excluding hydrogens is 272 g/mol. The fourth-order valence-electron chi connectivity index (χ4n) is 2.60. The van der Waals surface area contributed by atoms with Crippen molar-refractivity contribution in [2.24, 2.45) is 5.92 Å². The lowest BCUT2D eigenvalue weighted by atomic mass is 10.1. The fraction of sp³-hybridized carbons (Fsp3) is 0.316. The van der Waals surface area contributed by atoms with E-state index in [0.29, 0.717) is 12.5 Å². The maximum absolute atomic E-state index is 5.92. The first kappa shape index (κ1) is 14.6. The molecule has 0 amide bonds. The van der Waals surface area contributed by atoms with Crippen LogP contribution in [0.3, 0.4) is 0 Å². The van der Waals surface area contributed by atoms with Crippen molar-refractivity contribution in [3.05, 3.63) is 59.8 Å². The van der Waals surface area contributed by atoms with Crippen molar-refractivity contribution in [1.29, 1.82) is 0 Å². The highest BCUT2D eigenvalue weighted by molar-refractivity contribution is 5.79. The van der Waals surface area contributed by atoms with Gasteiger partial charge in [-0.2, -0.15) is 5.10 Å². The highest BCUT2D eigenvalue weighted by Gasteiger charge is 2.06. The molecule has 0 aliphatic heterocycles. The summed E-state index contributed by atoms with van der Waals surface area (Å²) in [7, 11) is 0. The second kappa shape index (κ2) is 6.22. The Balaban J connectivity index is 1.77. The average molecular weight is 294 g/mol. The quantitative estimate of drug-likeness (QED) is 0.688. The van der Waals surface area contributed by atoms with E-state index in [1.165, 1.54) is 16.5 Å². The van der Waals surface area contributed by atoms with Gasteiger partial charge < -0.3 is 4.74 Å². The summed E-state index contributed by atoms with van der Waals surface area (Å²) in [6.45, 7) is 8.00. The smallest absolute Gasteiger partial charge is 0.122 e. The number of fused-ring (bicyclic) bond motifs is 1. The van der Waals surface area contributed by atoms with Crippen molar-refractivity contribution >= 4 is 10.9 Å². The van der Waals surface area contributed by atoms with Crippen LogP contribution in [0.5, 0.6) is 5.75 Å². The molecule has 3 rings (SSSR count). The van der Waals surface area contributed by atoms with Crippen LogP contribution in [0, 0.1) is 12.8 Å². The molecule has 0 fully saturated rings. The normalized spacial score (nSPS) is 11.3. The molecule has 0 bridgehead atoms. The molecule has 0 saturated carbocycles. The van der Waals surface area contributed by atoms with Crippen molar-refractivity contribution in [2.45, 2.75) is 33.9 Å². The van der Waals surface area contributed by atoms with E-state index < -0.39 is 0 Å². The zero-order valence-electron chi connectivity index (χ0n) is 13.4. The molecule has 0 saturated heterocycles. The lowest BCUT2D eigenvalue weighted by Gasteiger charge is -2.09. The van der Waals surface area contributed by atoms with Gasteiger partial charge in [0.15, 0.2) is 0 Å². The van der Waals surface area contributed by atoms with E-state index >= 15 is 0 Å². The molecule has 1 aromatic heterocycles. The summed E-state index contributed by atoms with van der Waals surface area (Å²) in [6, 6.07) is 14.5. The topological polar surface area (TPSA) is 27.1 Å². The van der Waals surface area contributed by atoms with Gasteiger partial charge in [-0.3, -0.25) is 4.68 Å². The number of ether oxygens (including phenoxy) is 1. The summed E-state index contributed by atoms with van der Waals surface area (Å²) >= 11 is 0. The molecule has 0 atom stereocenters. The van der Waals surface area contributed by atoms with Crippen LogP contribution < -0.4 is 4.74 Å². The van der Waals surface area contributed by atoms with Crippen molar-refractivity contribution < 1.29 is 4.74 Å². The maximum Gasteiger partial charge on any atom is 0.122 e. The monoisotopic (exact) mass is 294 g/mol. The average Bonchev–Trinajstić information content (AvgIpc) is 2.88. The number of aromatic nitrogens is 2. The van der Waals surface area contributed by atoms with Gasteiger partial charge in [0.2, 0.25) is 0 Å². The Morgan fingerprint density at radius 3 is 2.73 bits per heavy atom. The second-order valence-electron chi connectivity index (χ2n) is 6.17. The van der Waals surface area contributed by atoms with Gasteiger partial charge in [0.1, 0.15) is 12.4 Å². The minimum absolute atomic E-state index is 0.580. The predicted octanol–water partition coefficient (Wildman–Crippen LogP) is 4.58. The molecule has 0 aliphatic carbocycles. The first-order valence-electron chi connectivity index (χ1n) is 7.76.